The number of piperidine rings is 1. The van der Waals surface area contributed by atoms with Crippen molar-refractivity contribution in [2.24, 2.45) is 5.92 Å². The number of hydrogen-bond donors (Lipinski definition) is 3. The minimum atomic E-state index is -1.04. The van der Waals surface area contributed by atoms with E-state index in [1.807, 2.05) is 0 Å². The van der Waals surface area contributed by atoms with E-state index in [0.29, 0.717) is 25.9 Å². The van der Waals surface area contributed by atoms with Crippen LogP contribution < -0.4 is 10.6 Å². The number of carbonyl (C=O) groups is 3. The molecule has 0 aromatic heterocycles. The summed E-state index contributed by atoms with van der Waals surface area (Å²) in [4.78, 5) is 36.6. The van der Waals surface area contributed by atoms with Gasteiger partial charge in [-0.2, -0.15) is 0 Å². The molecule has 8 nitrogen and oxygen atoms in total. The fraction of sp³-hybridized carbons (Fsp3) is 0.812. The van der Waals surface area contributed by atoms with Crippen LogP contribution in [0.1, 0.15) is 47.5 Å². The van der Waals surface area contributed by atoms with Crippen LogP contribution in [-0.2, 0) is 9.53 Å². The Kier molecular flexibility index (Phi) is 9.82. The third kappa shape index (κ3) is 8.78. The van der Waals surface area contributed by atoms with Crippen LogP contribution in [0.4, 0.5) is 9.59 Å². The number of aliphatic carboxylic acids is 1. The molecule has 1 saturated heterocycles. The zero-order valence-corrected chi connectivity index (χ0v) is 15.1. The number of urea groups is 1. The predicted octanol–water partition coefficient (Wildman–Crippen LogP) is 1.15. The first-order chi connectivity index (χ1) is 11.0. The van der Waals surface area contributed by atoms with Crippen molar-refractivity contribution >= 4 is 47.7 Å². The van der Waals surface area contributed by atoms with Crippen LogP contribution in [0.25, 0.3) is 0 Å². The molecule has 25 heavy (non-hydrogen) atoms. The van der Waals surface area contributed by atoms with Gasteiger partial charge in [0, 0.05) is 19.1 Å². The van der Waals surface area contributed by atoms with E-state index >= 15 is 0 Å². The van der Waals surface area contributed by atoms with Gasteiger partial charge in [0.25, 0.3) is 0 Å². The third-order valence-corrected chi connectivity index (χ3v) is 3.71. The molecule has 0 aromatic rings. The van der Waals surface area contributed by atoms with E-state index in [-0.39, 0.29) is 47.5 Å². The molecule has 1 fully saturated rings. The van der Waals surface area contributed by atoms with E-state index in [2.05, 4.69) is 10.6 Å². The molecule has 0 spiro atoms. The van der Waals surface area contributed by atoms with Crippen molar-refractivity contribution in [1.82, 2.24) is 15.5 Å². The second-order valence-corrected chi connectivity index (χ2v) is 7.42. The number of ether oxygens (including phenoxy) is 1. The van der Waals surface area contributed by atoms with E-state index in [1.165, 1.54) is 0 Å². The fourth-order valence-electron chi connectivity index (χ4n) is 2.44. The van der Waals surface area contributed by atoms with Crippen LogP contribution in [-0.4, -0.2) is 88.4 Å². The predicted molar refractivity (Wildman–Crippen MR) is 95.9 cm³/mol. The Labute approximate surface area is 171 Å². The fourth-order valence-corrected chi connectivity index (χ4v) is 2.44. The number of nitrogens with one attached hydrogen (secondary N) is 2. The van der Waals surface area contributed by atoms with Gasteiger partial charge in [-0.3, -0.25) is 0 Å². The zero-order chi connectivity index (χ0) is 18.5. The van der Waals surface area contributed by atoms with Crippen molar-refractivity contribution in [2.45, 2.75) is 65.1 Å². The SMILES string of the molecule is CC(C)C(NC(=O)N1CCC(NC(=O)OC(C)(C)C)CC1)C(=O)O.[NaH]. The van der Waals surface area contributed by atoms with E-state index in [1.54, 1.807) is 39.5 Å². The second kappa shape index (κ2) is 10.2. The Morgan fingerprint density at radius 2 is 1.68 bits per heavy atom. The molecule has 1 heterocycles. The molecule has 0 saturated carbocycles. The molecule has 140 valence electrons. The van der Waals surface area contributed by atoms with Crippen LogP contribution >= 0.6 is 0 Å². The molecule has 3 amide bonds. The summed E-state index contributed by atoms with van der Waals surface area (Å²) >= 11 is 0. The summed E-state index contributed by atoms with van der Waals surface area (Å²) in [5.74, 6) is -1.24. The van der Waals surface area contributed by atoms with Gasteiger partial charge in [0.05, 0.1) is 0 Å². The average Bonchev–Trinajstić information content (AvgIpc) is 2.42. The topological polar surface area (TPSA) is 108 Å². The van der Waals surface area contributed by atoms with E-state index in [0.717, 1.165) is 0 Å². The Hall–Kier alpha value is -0.990. The van der Waals surface area contributed by atoms with Gasteiger partial charge in [0.2, 0.25) is 0 Å². The summed E-state index contributed by atoms with van der Waals surface area (Å²) in [7, 11) is 0. The molecule has 0 bridgehead atoms. The van der Waals surface area contributed by atoms with Crippen molar-refractivity contribution < 1.29 is 24.2 Å². The van der Waals surface area contributed by atoms with E-state index < -0.39 is 23.7 Å². The standard InChI is InChI=1S/C16H29N3O5.Na.H/c1-10(2)12(13(20)21)18-14(22)19-8-6-11(7-9-19)17-15(23)24-16(3,4)5;;/h10-12H,6-9H2,1-5H3,(H,17,23)(H,18,22)(H,20,21);;. The van der Waals surface area contributed by atoms with Gasteiger partial charge in [-0.15, -0.1) is 0 Å². The normalized spacial score (nSPS) is 16.6. The summed E-state index contributed by atoms with van der Waals surface area (Å²) in [5.41, 5.74) is -0.548. The van der Waals surface area contributed by atoms with Gasteiger partial charge in [-0.05, 0) is 39.5 Å². The van der Waals surface area contributed by atoms with E-state index in [9.17, 15) is 14.4 Å². The number of nitrogens with zero attached hydrogens (tertiary/aromatic N) is 1. The molecule has 1 unspecified atom stereocenters. The van der Waals surface area contributed by atoms with E-state index in [4.69, 9.17) is 9.84 Å². The van der Waals surface area contributed by atoms with Gasteiger partial charge >= 0.3 is 47.7 Å². The second-order valence-electron chi connectivity index (χ2n) is 7.42. The van der Waals surface area contributed by atoms with Gasteiger partial charge in [0.15, 0.2) is 0 Å². The molecule has 1 aliphatic rings. The maximum atomic E-state index is 12.2. The Balaban J connectivity index is 0.00000576. The number of hydrogen-bond acceptors (Lipinski definition) is 4. The van der Waals surface area contributed by atoms with Crippen molar-refractivity contribution in [3.63, 3.8) is 0 Å². The van der Waals surface area contributed by atoms with Crippen molar-refractivity contribution in [3.05, 3.63) is 0 Å². The van der Waals surface area contributed by atoms with Crippen LogP contribution in [0, 0.1) is 5.92 Å². The molecule has 3 N–H and O–H groups in total. The van der Waals surface area contributed by atoms with Gasteiger partial charge in [0.1, 0.15) is 11.6 Å². The van der Waals surface area contributed by atoms with Gasteiger partial charge in [-0.25, -0.2) is 14.4 Å². The first kappa shape index (κ1) is 24.0. The molecule has 1 atom stereocenters. The van der Waals surface area contributed by atoms with Crippen LogP contribution in [0.15, 0.2) is 0 Å². The molecular formula is C16H30N3NaO5. The van der Waals surface area contributed by atoms with Crippen molar-refractivity contribution in [1.29, 1.82) is 0 Å². The molecular weight excluding hydrogens is 337 g/mol. The number of carbonyl (C=O) groups excluding carboxylic acids is 2. The number of carboxylic acid groups (broad SMARTS) is 1. The summed E-state index contributed by atoms with van der Waals surface area (Å²) in [6.45, 7) is 9.80. The maximum absolute atomic E-state index is 12.2. The van der Waals surface area contributed by atoms with Crippen LogP contribution in [0.2, 0.25) is 0 Å². The number of carboxylic acids is 1. The number of amides is 3. The third-order valence-electron chi connectivity index (χ3n) is 3.71. The number of rotatable bonds is 4. The summed E-state index contributed by atoms with van der Waals surface area (Å²) in [6.07, 6.45) is 0.745. The van der Waals surface area contributed by atoms with Crippen molar-refractivity contribution in [3.8, 4) is 0 Å². The van der Waals surface area contributed by atoms with Crippen LogP contribution in [0.3, 0.4) is 0 Å². The Morgan fingerprint density at radius 1 is 1.16 bits per heavy atom. The molecule has 1 aliphatic heterocycles. The molecule has 0 radical (unpaired) electrons. The monoisotopic (exact) mass is 367 g/mol. The summed E-state index contributed by atoms with van der Waals surface area (Å²) in [5, 5.41) is 14.5. The summed E-state index contributed by atoms with van der Waals surface area (Å²) < 4.78 is 5.21. The molecule has 0 aromatic carbocycles. The first-order valence-corrected chi connectivity index (χ1v) is 8.27. The Morgan fingerprint density at radius 3 is 2.08 bits per heavy atom. The quantitative estimate of drug-likeness (QED) is 0.646. The average molecular weight is 367 g/mol. The molecule has 0 aliphatic carbocycles. The molecule has 9 heteroatoms. The summed E-state index contributed by atoms with van der Waals surface area (Å²) in [6, 6.07) is -1.34. The van der Waals surface area contributed by atoms with Gasteiger partial charge in [-0.1, -0.05) is 13.8 Å². The number of alkyl carbamates (subject to hydrolysis) is 1. The zero-order valence-electron chi connectivity index (χ0n) is 15.1. The minimum absolute atomic E-state index is 0. The number of likely N-dealkylation sites (tertiary alicyclic amines) is 1. The molecule has 1 rings (SSSR count). The Bertz CT molecular complexity index is 471. The van der Waals surface area contributed by atoms with Crippen LogP contribution in [0.5, 0.6) is 0 Å². The van der Waals surface area contributed by atoms with Gasteiger partial charge < -0.3 is 25.4 Å². The van der Waals surface area contributed by atoms with Crippen molar-refractivity contribution in [2.75, 3.05) is 13.1 Å². The first-order valence-electron chi connectivity index (χ1n) is 8.27.